The Kier molecular flexibility index (Phi) is 4.73. The van der Waals surface area contributed by atoms with Crippen molar-refractivity contribution in [2.24, 2.45) is 23.7 Å². The van der Waals surface area contributed by atoms with Crippen LogP contribution in [0.15, 0.2) is 0 Å². The smallest absolute Gasteiger partial charge is 0.308 e. The fourth-order valence-electron chi connectivity index (χ4n) is 5.40. The van der Waals surface area contributed by atoms with E-state index in [0.29, 0.717) is 12.3 Å². The molecule has 2 bridgehead atoms. The minimum atomic E-state index is -1.03. The number of ether oxygens (including phenoxy) is 3. The number of carbonyl (C=O) groups is 2. The molecule has 0 aromatic heterocycles. The second kappa shape index (κ2) is 6.69. The molecule has 4 saturated heterocycles. The van der Waals surface area contributed by atoms with Gasteiger partial charge in [0.15, 0.2) is 11.9 Å². The van der Waals surface area contributed by atoms with Crippen LogP contribution in [0.1, 0.15) is 59.3 Å². The highest BCUT2D eigenvalue weighted by Crippen LogP contribution is 2.60. The summed E-state index contributed by atoms with van der Waals surface area (Å²) in [4.78, 5) is 34.5. The van der Waals surface area contributed by atoms with Gasteiger partial charge in [0.25, 0.3) is 0 Å². The quantitative estimate of drug-likeness (QED) is 0.583. The average Bonchev–Trinajstić information content (AvgIpc) is 2.84. The van der Waals surface area contributed by atoms with Gasteiger partial charge in [-0.05, 0) is 38.0 Å². The van der Waals surface area contributed by atoms with Gasteiger partial charge in [-0.15, -0.1) is 0 Å². The van der Waals surface area contributed by atoms with Gasteiger partial charge in [-0.25, -0.2) is 9.78 Å². The van der Waals surface area contributed by atoms with E-state index in [1.54, 1.807) is 0 Å². The number of rotatable bonds is 4. The van der Waals surface area contributed by atoms with Gasteiger partial charge >= 0.3 is 11.9 Å². The van der Waals surface area contributed by atoms with Gasteiger partial charge in [-0.3, -0.25) is 9.59 Å². The Morgan fingerprint density at radius 2 is 1.89 bits per heavy atom. The SMILES string of the molecule is C[C@H]1CC[C@H]2[C@@H](C)C(OC(=O)CCC(=O)O)O[C@H]3O[C@@]4(C)CC[C@@H]1[C@]32OO4. The van der Waals surface area contributed by atoms with Crippen LogP contribution in [0.25, 0.3) is 0 Å². The molecule has 1 saturated carbocycles. The van der Waals surface area contributed by atoms with Gasteiger partial charge in [-0.1, -0.05) is 13.8 Å². The lowest BCUT2D eigenvalue weighted by Crippen LogP contribution is -2.70. The minimum absolute atomic E-state index is 0.0670. The van der Waals surface area contributed by atoms with E-state index in [-0.39, 0.29) is 30.6 Å². The van der Waals surface area contributed by atoms with E-state index in [1.807, 2.05) is 13.8 Å². The average molecular weight is 384 g/mol. The van der Waals surface area contributed by atoms with E-state index in [1.165, 1.54) is 0 Å². The number of hydrogen-bond acceptors (Lipinski definition) is 7. The molecule has 8 heteroatoms. The van der Waals surface area contributed by atoms with Crippen molar-refractivity contribution in [1.29, 1.82) is 0 Å². The summed E-state index contributed by atoms with van der Waals surface area (Å²) >= 11 is 0. The molecule has 152 valence electrons. The summed E-state index contributed by atoms with van der Waals surface area (Å²) in [6, 6.07) is 0. The number of carboxylic acids is 1. The zero-order valence-electron chi connectivity index (χ0n) is 16.0. The third-order valence-corrected chi connectivity index (χ3v) is 6.89. The molecule has 27 heavy (non-hydrogen) atoms. The standard InChI is InChI=1S/C19H28O8/c1-10-4-5-13-11(2)16(23-15(22)7-6-14(20)21)24-17-19(13)12(10)8-9-18(3,25-17)26-27-19/h10-13,16-17H,4-9H2,1-3H3,(H,20,21)/t10-,11+,12-,13-,16?,17-,18+,19+/m0/s1. The Hall–Kier alpha value is -1.22. The molecule has 1 spiro atoms. The second-order valence-corrected chi connectivity index (χ2v) is 8.66. The van der Waals surface area contributed by atoms with Gasteiger partial charge in [0.1, 0.15) is 0 Å². The van der Waals surface area contributed by atoms with Crippen LogP contribution in [0.4, 0.5) is 0 Å². The Morgan fingerprint density at radius 3 is 2.63 bits per heavy atom. The summed E-state index contributed by atoms with van der Waals surface area (Å²) < 4.78 is 17.8. The Balaban J connectivity index is 1.58. The first-order chi connectivity index (χ1) is 12.7. The highest BCUT2D eigenvalue weighted by Gasteiger charge is 2.69. The summed E-state index contributed by atoms with van der Waals surface area (Å²) in [7, 11) is 0. The summed E-state index contributed by atoms with van der Waals surface area (Å²) in [5.41, 5.74) is -0.697. The summed E-state index contributed by atoms with van der Waals surface area (Å²) in [5.74, 6) is -1.82. The summed E-state index contributed by atoms with van der Waals surface area (Å²) in [6.45, 7) is 6.06. The molecule has 8 nitrogen and oxygen atoms in total. The fraction of sp³-hybridized carbons (Fsp3) is 0.895. The molecule has 0 amide bonds. The van der Waals surface area contributed by atoms with Crippen molar-refractivity contribution in [2.75, 3.05) is 0 Å². The molecule has 8 atom stereocenters. The molecule has 1 unspecified atom stereocenters. The predicted molar refractivity (Wildman–Crippen MR) is 89.8 cm³/mol. The topological polar surface area (TPSA) is 101 Å². The Morgan fingerprint density at radius 1 is 1.11 bits per heavy atom. The zero-order chi connectivity index (χ0) is 19.4. The molecular formula is C19H28O8. The lowest BCUT2D eigenvalue weighted by molar-refractivity contribution is -0.576. The Labute approximate surface area is 158 Å². The molecular weight excluding hydrogens is 356 g/mol. The number of esters is 1. The van der Waals surface area contributed by atoms with E-state index >= 15 is 0 Å². The highest BCUT2D eigenvalue weighted by atomic mass is 17.3. The van der Waals surface area contributed by atoms with Crippen molar-refractivity contribution in [3.63, 3.8) is 0 Å². The monoisotopic (exact) mass is 384 g/mol. The maximum Gasteiger partial charge on any atom is 0.308 e. The zero-order valence-corrected chi connectivity index (χ0v) is 16.0. The lowest BCUT2D eigenvalue weighted by Gasteiger charge is -2.59. The molecule has 0 radical (unpaired) electrons. The summed E-state index contributed by atoms with van der Waals surface area (Å²) in [5, 5.41) is 8.76. The van der Waals surface area contributed by atoms with Crippen molar-refractivity contribution in [3.8, 4) is 0 Å². The van der Waals surface area contributed by atoms with Crippen LogP contribution in [0.2, 0.25) is 0 Å². The fourth-order valence-corrected chi connectivity index (χ4v) is 5.40. The third kappa shape index (κ3) is 3.06. The van der Waals surface area contributed by atoms with E-state index in [9.17, 15) is 9.59 Å². The maximum atomic E-state index is 12.1. The first kappa shape index (κ1) is 19.1. The molecule has 0 aromatic carbocycles. The second-order valence-electron chi connectivity index (χ2n) is 8.66. The summed E-state index contributed by atoms with van der Waals surface area (Å²) in [6.07, 6.45) is 1.72. The molecule has 0 aromatic rings. The number of carboxylic acid groups (broad SMARTS) is 1. The van der Waals surface area contributed by atoms with Gasteiger partial charge in [0.2, 0.25) is 12.1 Å². The highest BCUT2D eigenvalue weighted by molar-refractivity contribution is 5.76. The predicted octanol–water partition coefficient (Wildman–Crippen LogP) is 2.60. The van der Waals surface area contributed by atoms with Crippen molar-refractivity contribution in [3.05, 3.63) is 0 Å². The molecule has 5 fully saturated rings. The van der Waals surface area contributed by atoms with Crippen LogP contribution >= 0.6 is 0 Å². The van der Waals surface area contributed by atoms with Gasteiger partial charge < -0.3 is 19.3 Å². The van der Waals surface area contributed by atoms with Crippen LogP contribution in [0, 0.1) is 23.7 Å². The number of hydrogen-bond donors (Lipinski definition) is 1. The molecule has 4 aliphatic heterocycles. The first-order valence-corrected chi connectivity index (χ1v) is 9.86. The molecule has 5 aliphatic rings. The first-order valence-electron chi connectivity index (χ1n) is 9.86. The van der Waals surface area contributed by atoms with Crippen LogP contribution in [0.5, 0.6) is 0 Å². The normalized spacial score (nSPS) is 48.4. The van der Waals surface area contributed by atoms with Crippen LogP contribution in [-0.4, -0.2) is 41.0 Å². The van der Waals surface area contributed by atoms with E-state index in [0.717, 1.165) is 19.3 Å². The van der Waals surface area contributed by atoms with Gasteiger partial charge in [-0.2, -0.15) is 0 Å². The van der Waals surface area contributed by atoms with Gasteiger partial charge in [0.05, 0.1) is 12.8 Å². The van der Waals surface area contributed by atoms with Crippen LogP contribution in [0.3, 0.4) is 0 Å². The number of fused-ring (bicyclic) bond motifs is 2. The van der Waals surface area contributed by atoms with Crippen molar-refractivity contribution in [1.82, 2.24) is 0 Å². The number of aliphatic carboxylic acids is 1. The maximum absolute atomic E-state index is 12.1. The minimum Gasteiger partial charge on any atom is -0.481 e. The lowest BCUT2D eigenvalue weighted by atomic mass is 9.58. The van der Waals surface area contributed by atoms with Crippen LogP contribution in [-0.2, 0) is 33.6 Å². The van der Waals surface area contributed by atoms with Crippen molar-refractivity contribution < 1.29 is 38.7 Å². The van der Waals surface area contributed by atoms with Crippen molar-refractivity contribution in [2.45, 2.75) is 83.3 Å². The van der Waals surface area contributed by atoms with E-state index < -0.39 is 35.9 Å². The molecule has 5 rings (SSSR count). The molecule has 1 aliphatic carbocycles. The van der Waals surface area contributed by atoms with E-state index in [4.69, 9.17) is 29.1 Å². The van der Waals surface area contributed by atoms with Crippen LogP contribution < -0.4 is 0 Å². The third-order valence-electron chi connectivity index (χ3n) is 6.89. The molecule has 4 heterocycles. The largest absolute Gasteiger partial charge is 0.481 e. The molecule has 1 N–H and O–H groups in total. The van der Waals surface area contributed by atoms with Crippen molar-refractivity contribution >= 4 is 11.9 Å². The van der Waals surface area contributed by atoms with Gasteiger partial charge in [0, 0.05) is 18.3 Å². The number of carbonyl (C=O) groups excluding carboxylic acids is 1. The van der Waals surface area contributed by atoms with E-state index in [2.05, 4.69) is 6.92 Å². The Bertz CT molecular complexity index is 623.